The van der Waals surface area contributed by atoms with Gasteiger partial charge in [-0.2, -0.15) is 5.10 Å². The van der Waals surface area contributed by atoms with E-state index in [9.17, 15) is 4.79 Å². The monoisotopic (exact) mass is 416 g/mol. The lowest BCUT2D eigenvalue weighted by Gasteiger charge is -2.11. The van der Waals surface area contributed by atoms with E-state index in [0.29, 0.717) is 28.8 Å². The Hall–Kier alpha value is -2.64. The summed E-state index contributed by atoms with van der Waals surface area (Å²) in [6, 6.07) is 13.2. The molecule has 1 heterocycles. The van der Waals surface area contributed by atoms with E-state index in [-0.39, 0.29) is 12.5 Å². The molecule has 0 aliphatic carbocycles. The maximum Gasteiger partial charge on any atom is 0.240 e. The van der Waals surface area contributed by atoms with Crippen LogP contribution in [0.4, 0.5) is 0 Å². The smallest absolute Gasteiger partial charge is 0.240 e. The number of nitrogens with one attached hydrogen (secondary N) is 2. The van der Waals surface area contributed by atoms with Gasteiger partial charge in [0.2, 0.25) is 5.91 Å². The second kappa shape index (κ2) is 9.03. The molecule has 146 valence electrons. The van der Waals surface area contributed by atoms with Gasteiger partial charge in [0, 0.05) is 10.6 Å². The summed E-state index contributed by atoms with van der Waals surface area (Å²) >= 11 is 11.2. The molecule has 0 unspecified atom stereocenters. The molecule has 3 aromatic rings. The number of rotatable bonds is 7. The maximum absolute atomic E-state index is 12.3. The number of benzene rings is 2. The summed E-state index contributed by atoms with van der Waals surface area (Å²) in [5.74, 6) is 1.24. The van der Waals surface area contributed by atoms with Crippen molar-refractivity contribution in [2.24, 2.45) is 0 Å². The third-order valence-corrected chi connectivity index (χ3v) is 4.74. The Morgan fingerprint density at radius 3 is 2.71 bits per heavy atom. The molecule has 0 bridgehead atoms. The standard InChI is InChI=1S/C20H21ClN4O2S/c1-13-3-8-17(14(2)11-13)27-10-9-22-18(26)12-25-19(23-24-20(25)28)15-4-6-16(21)7-5-15/h3-8,11H,9-10,12H2,1-2H3,(H,22,26)(H,24,28). The van der Waals surface area contributed by atoms with Crippen LogP contribution in [0.3, 0.4) is 0 Å². The van der Waals surface area contributed by atoms with E-state index < -0.39 is 0 Å². The number of aromatic nitrogens is 3. The first-order valence-electron chi connectivity index (χ1n) is 8.82. The van der Waals surface area contributed by atoms with Crippen LogP contribution in [0.1, 0.15) is 11.1 Å². The fourth-order valence-electron chi connectivity index (χ4n) is 2.80. The van der Waals surface area contributed by atoms with Crippen molar-refractivity contribution < 1.29 is 9.53 Å². The van der Waals surface area contributed by atoms with E-state index in [1.165, 1.54) is 5.56 Å². The largest absolute Gasteiger partial charge is 0.491 e. The fraction of sp³-hybridized carbons (Fsp3) is 0.250. The molecule has 0 saturated heterocycles. The highest BCUT2D eigenvalue weighted by atomic mass is 35.5. The molecule has 1 aromatic heterocycles. The predicted octanol–water partition coefficient (Wildman–Crippen LogP) is 4.07. The van der Waals surface area contributed by atoms with Gasteiger partial charge in [-0.25, -0.2) is 0 Å². The topological polar surface area (TPSA) is 71.9 Å². The van der Waals surface area contributed by atoms with Crippen molar-refractivity contribution in [2.75, 3.05) is 13.2 Å². The molecule has 28 heavy (non-hydrogen) atoms. The van der Waals surface area contributed by atoms with Crippen LogP contribution in [0.5, 0.6) is 5.75 Å². The molecule has 1 amide bonds. The number of halogens is 1. The van der Waals surface area contributed by atoms with Gasteiger partial charge in [0.15, 0.2) is 10.6 Å². The molecule has 0 aliphatic heterocycles. The third kappa shape index (κ3) is 4.99. The van der Waals surface area contributed by atoms with Crippen molar-refractivity contribution in [1.29, 1.82) is 0 Å². The zero-order chi connectivity index (χ0) is 20.1. The van der Waals surface area contributed by atoms with Crippen LogP contribution >= 0.6 is 23.8 Å². The molecule has 8 heteroatoms. The zero-order valence-electron chi connectivity index (χ0n) is 15.7. The van der Waals surface area contributed by atoms with Crippen molar-refractivity contribution in [3.63, 3.8) is 0 Å². The van der Waals surface area contributed by atoms with Crippen molar-refractivity contribution in [3.05, 3.63) is 63.4 Å². The lowest BCUT2D eigenvalue weighted by atomic mass is 10.1. The Morgan fingerprint density at radius 1 is 1.25 bits per heavy atom. The highest BCUT2D eigenvalue weighted by molar-refractivity contribution is 7.71. The number of amides is 1. The summed E-state index contributed by atoms with van der Waals surface area (Å²) in [6.07, 6.45) is 0. The molecule has 0 aliphatic rings. The Balaban J connectivity index is 1.56. The lowest BCUT2D eigenvalue weighted by Crippen LogP contribution is -2.31. The second-order valence-corrected chi connectivity index (χ2v) is 7.24. The van der Waals surface area contributed by atoms with Gasteiger partial charge >= 0.3 is 0 Å². The highest BCUT2D eigenvalue weighted by Crippen LogP contribution is 2.20. The Bertz CT molecular complexity index is 1030. The van der Waals surface area contributed by atoms with E-state index in [2.05, 4.69) is 21.6 Å². The molecule has 6 nitrogen and oxygen atoms in total. The molecular weight excluding hydrogens is 396 g/mol. The number of hydrogen-bond donors (Lipinski definition) is 2. The molecule has 0 atom stereocenters. The summed E-state index contributed by atoms with van der Waals surface area (Å²) in [6.45, 7) is 4.89. The van der Waals surface area contributed by atoms with Gasteiger partial charge in [-0.1, -0.05) is 29.3 Å². The Morgan fingerprint density at radius 2 is 2.00 bits per heavy atom. The number of H-pyrrole nitrogens is 1. The minimum Gasteiger partial charge on any atom is -0.491 e. The maximum atomic E-state index is 12.3. The minimum atomic E-state index is -0.169. The molecule has 3 rings (SSSR count). The number of aromatic amines is 1. The lowest BCUT2D eigenvalue weighted by molar-refractivity contribution is -0.121. The normalized spacial score (nSPS) is 10.7. The summed E-state index contributed by atoms with van der Waals surface area (Å²) in [5.41, 5.74) is 3.08. The van der Waals surface area contributed by atoms with Crippen LogP contribution in [0.2, 0.25) is 5.02 Å². The molecule has 2 N–H and O–H groups in total. The molecule has 0 saturated carbocycles. The Kier molecular flexibility index (Phi) is 6.49. The Labute approximate surface area is 173 Å². The third-order valence-electron chi connectivity index (χ3n) is 4.17. The molecule has 0 radical (unpaired) electrons. The number of aryl methyl sites for hydroxylation is 2. The van der Waals surface area contributed by atoms with Crippen molar-refractivity contribution in [1.82, 2.24) is 20.1 Å². The molecule has 2 aromatic carbocycles. The summed E-state index contributed by atoms with van der Waals surface area (Å²) < 4.78 is 7.77. The summed E-state index contributed by atoms with van der Waals surface area (Å²) in [4.78, 5) is 12.3. The van der Waals surface area contributed by atoms with Crippen LogP contribution < -0.4 is 10.1 Å². The van der Waals surface area contributed by atoms with Gasteiger partial charge in [0.25, 0.3) is 0 Å². The van der Waals surface area contributed by atoms with E-state index in [1.807, 2.05) is 38.1 Å². The van der Waals surface area contributed by atoms with Crippen molar-refractivity contribution >= 4 is 29.7 Å². The van der Waals surface area contributed by atoms with Crippen LogP contribution in [0.15, 0.2) is 42.5 Å². The van der Waals surface area contributed by atoms with Gasteiger partial charge in [0.05, 0.1) is 6.54 Å². The molecular formula is C20H21ClN4O2S. The highest BCUT2D eigenvalue weighted by Gasteiger charge is 2.12. The number of nitrogens with zero attached hydrogens (tertiary/aromatic N) is 2. The van der Waals surface area contributed by atoms with Crippen molar-refractivity contribution in [3.8, 4) is 17.1 Å². The second-order valence-electron chi connectivity index (χ2n) is 6.41. The van der Waals surface area contributed by atoms with E-state index in [0.717, 1.165) is 16.9 Å². The number of carbonyl (C=O) groups is 1. The number of carbonyl (C=O) groups excluding carboxylic acids is 1. The van der Waals surface area contributed by atoms with Gasteiger partial charge in [-0.15, -0.1) is 0 Å². The first kappa shape index (κ1) is 20.1. The van der Waals surface area contributed by atoms with Gasteiger partial charge < -0.3 is 10.1 Å². The van der Waals surface area contributed by atoms with E-state index in [4.69, 9.17) is 28.6 Å². The average molecular weight is 417 g/mol. The van der Waals surface area contributed by atoms with E-state index >= 15 is 0 Å². The summed E-state index contributed by atoms with van der Waals surface area (Å²) in [7, 11) is 0. The van der Waals surface area contributed by atoms with Gasteiger partial charge in [-0.3, -0.25) is 14.5 Å². The number of ether oxygens (including phenoxy) is 1. The van der Waals surface area contributed by atoms with Gasteiger partial charge in [0.1, 0.15) is 18.9 Å². The first-order valence-corrected chi connectivity index (χ1v) is 9.60. The summed E-state index contributed by atoms with van der Waals surface area (Å²) in [5, 5.41) is 10.4. The quantitative estimate of drug-likeness (QED) is 0.449. The zero-order valence-corrected chi connectivity index (χ0v) is 17.2. The number of hydrogen-bond acceptors (Lipinski definition) is 4. The van der Waals surface area contributed by atoms with Crippen LogP contribution in [0.25, 0.3) is 11.4 Å². The predicted molar refractivity (Wildman–Crippen MR) is 112 cm³/mol. The van der Waals surface area contributed by atoms with Crippen LogP contribution in [0, 0.1) is 18.6 Å². The van der Waals surface area contributed by atoms with Gasteiger partial charge in [-0.05, 0) is 62.0 Å². The SMILES string of the molecule is Cc1ccc(OCCNC(=O)Cn2c(-c3ccc(Cl)cc3)n[nH]c2=S)c(C)c1. The molecule has 0 fully saturated rings. The minimum absolute atomic E-state index is 0.0663. The van der Waals surface area contributed by atoms with Crippen LogP contribution in [-0.4, -0.2) is 33.8 Å². The van der Waals surface area contributed by atoms with Crippen LogP contribution in [-0.2, 0) is 11.3 Å². The average Bonchev–Trinajstić information content (AvgIpc) is 3.01. The van der Waals surface area contributed by atoms with E-state index in [1.54, 1.807) is 16.7 Å². The van der Waals surface area contributed by atoms with Crippen molar-refractivity contribution in [2.45, 2.75) is 20.4 Å². The fourth-order valence-corrected chi connectivity index (χ4v) is 3.12. The first-order chi connectivity index (χ1) is 13.4. The molecule has 0 spiro atoms.